The topological polar surface area (TPSA) is 74.8 Å². The van der Waals surface area contributed by atoms with Gasteiger partial charge in [0, 0.05) is 24.3 Å². The van der Waals surface area contributed by atoms with Gasteiger partial charge in [0.2, 0.25) is 10.0 Å². The zero-order chi connectivity index (χ0) is 13.3. The van der Waals surface area contributed by atoms with Gasteiger partial charge in [-0.2, -0.15) is 0 Å². The van der Waals surface area contributed by atoms with Crippen molar-refractivity contribution < 1.29 is 8.42 Å². The van der Waals surface area contributed by atoms with Crippen LogP contribution in [0.1, 0.15) is 5.56 Å². The van der Waals surface area contributed by atoms with Gasteiger partial charge in [0.1, 0.15) is 9.86 Å². The van der Waals surface area contributed by atoms with Crippen molar-refractivity contribution in [2.75, 3.05) is 0 Å². The number of H-pyrrole nitrogens is 1. The number of sulfonamides is 1. The molecule has 3 heterocycles. The highest BCUT2D eigenvalue weighted by Gasteiger charge is 2.15. The monoisotopic (exact) mass is 293 g/mol. The van der Waals surface area contributed by atoms with Crippen LogP contribution in [-0.2, 0) is 16.6 Å². The van der Waals surface area contributed by atoms with Crippen LogP contribution in [0.15, 0.2) is 46.2 Å². The summed E-state index contributed by atoms with van der Waals surface area (Å²) in [6.07, 6.45) is 3.47. The van der Waals surface area contributed by atoms with Crippen molar-refractivity contribution in [3.8, 4) is 0 Å². The molecule has 0 aliphatic carbocycles. The molecule has 0 aromatic carbocycles. The number of aromatic amines is 1. The summed E-state index contributed by atoms with van der Waals surface area (Å²) in [5.74, 6) is 0. The lowest BCUT2D eigenvalue weighted by molar-refractivity contribution is 0.583. The third-order valence-corrected chi connectivity index (χ3v) is 5.55. The number of nitrogens with zero attached hydrogens (tertiary/aromatic N) is 1. The Morgan fingerprint density at radius 1 is 1.32 bits per heavy atom. The highest BCUT2D eigenvalue weighted by molar-refractivity contribution is 7.91. The van der Waals surface area contributed by atoms with Gasteiger partial charge in [-0.1, -0.05) is 6.07 Å². The first-order valence-electron chi connectivity index (χ1n) is 5.61. The Hall–Kier alpha value is -1.70. The molecular formula is C12H11N3O2S2. The molecule has 0 amide bonds. The van der Waals surface area contributed by atoms with Crippen LogP contribution in [0.2, 0.25) is 0 Å². The van der Waals surface area contributed by atoms with Crippen molar-refractivity contribution in [3.05, 3.63) is 47.6 Å². The molecule has 3 rings (SSSR count). The van der Waals surface area contributed by atoms with E-state index in [-0.39, 0.29) is 6.54 Å². The molecule has 0 fully saturated rings. The van der Waals surface area contributed by atoms with Crippen molar-refractivity contribution in [2.45, 2.75) is 10.8 Å². The molecule has 0 atom stereocenters. The molecule has 19 heavy (non-hydrogen) atoms. The fraction of sp³-hybridized carbons (Fsp3) is 0.0833. The molecule has 0 unspecified atom stereocenters. The molecule has 0 saturated heterocycles. The van der Waals surface area contributed by atoms with Gasteiger partial charge in [-0.05, 0) is 29.1 Å². The third kappa shape index (κ3) is 2.40. The Balaban J connectivity index is 1.83. The average molecular weight is 293 g/mol. The number of aromatic nitrogens is 2. The minimum Gasteiger partial charge on any atom is -0.346 e. The summed E-state index contributed by atoms with van der Waals surface area (Å²) in [6.45, 7) is 0.242. The molecule has 0 spiro atoms. The van der Waals surface area contributed by atoms with Crippen molar-refractivity contribution >= 4 is 32.4 Å². The van der Waals surface area contributed by atoms with Crippen molar-refractivity contribution in [3.63, 3.8) is 0 Å². The van der Waals surface area contributed by atoms with Crippen LogP contribution >= 0.6 is 11.3 Å². The van der Waals surface area contributed by atoms with E-state index in [0.717, 1.165) is 16.6 Å². The Labute approximate surface area is 114 Å². The summed E-state index contributed by atoms with van der Waals surface area (Å²) < 4.78 is 26.9. The Kier molecular flexibility index (Phi) is 3.09. The van der Waals surface area contributed by atoms with Gasteiger partial charge in [-0.25, -0.2) is 18.1 Å². The van der Waals surface area contributed by atoms with Crippen LogP contribution in [0.4, 0.5) is 0 Å². The average Bonchev–Trinajstić information content (AvgIpc) is 3.07. The quantitative estimate of drug-likeness (QED) is 0.773. The number of pyridine rings is 1. The predicted molar refractivity (Wildman–Crippen MR) is 74.4 cm³/mol. The standard InChI is InChI=1S/C12H11N3O2S2/c16-19(17,11-4-2-6-18-11)15-8-9-7-14-12-10(9)3-1-5-13-12/h1-7,15H,8H2,(H,13,14). The van der Waals surface area contributed by atoms with Crippen LogP contribution in [-0.4, -0.2) is 18.4 Å². The number of hydrogen-bond donors (Lipinski definition) is 2. The maximum Gasteiger partial charge on any atom is 0.250 e. The van der Waals surface area contributed by atoms with Crippen molar-refractivity contribution in [1.29, 1.82) is 0 Å². The van der Waals surface area contributed by atoms with Crippen LogP contribution in [0.25, 0.3) is 11.0 Å². The third-order valence-electron chi connectivity index (χ3n) is 2.75. The first-order valence-corrected chi connectivity index (χ1v) is 7.97. The number of thiophene rings is 1. The molecule has 0 aliphatic rings. The van der Waals surface area contributed by atoms with Gasteiger partial charge in [0.05, 0.1) is 0 Å². The van der Waals surface area contributed by atoms with Gasteiger partial charge >= 0.3 is 0 Å². The fourth-order valence-corrected chi connectivity index (χ4v) is 3.86. The number of fused-ring (bicyclic) bond motifs is 1. The van der Waals surface area contributed by atoms with E-state index in [1.54, 1.807) is 29.9 Å². The van der Waals surface area contributed by atoms with E-state index in [0.29, 0.717) is 4.21 Å². The summed E-state index contributed by atoms with van der Waals surface area (Å²) in [5, 5.41) is 2.67. The zero-order valence-corrected chi connectivity index (χ0v) is 11.5. The van der Waals surface area contributed by atoms with Crippen LogP contribution in [0, 0.1) is 0 Å². The van der Waals surface area contributed by atoms with E-state index in [1.807, 2.05) is 12.1 Å². The lowest BCUT2D eigenvalue weighted by Crippen LogP contribution is -2.22. The Morgan fingerprint density at radius 2 is 2.21 bits per heavy atom. The molecule has 3 aromatic heterocycles. The second-order valence-electron chi connectivity index (χ2n) is 3.97. The van der Waals surface area contributed by atoms with Gasteiger partial charge < -0.3 is 4.98 Å². The molecule has 7 heteroatoms. The number of hydrogen-bond acceptors (Lipinski definition) is 4. The lowest BCUT2D eigenvalue weighted by Gasteiger charge is -2.03. The van der Waals surface area contributed by atoms with Crippen molar-refractivity contribution in [1.82, 2.24) is 14.7 Å². The minimum absolute atomic E-state index is 0.242. The lowest BCUT2D eigenvalue weighted by atomic mass is 10.2. The van der Waals surface area contributed by atoms with E-state index in [1.165, 1.54) is 11.3 Å². The van der Waals surface area contributed by atoms with Gasteiger partial charge in [-0.3, -0.25) is 0 Å². The summed E-state index contributed by atoms with van der Waals surface area (Å²) in [4.78, 5) is 7.18. The van der Waals surface area contributed by atoms with Crippen LogP contribution < -0.4 is 4.72 Å². The van der Waals surface area contributed by atoms with Crippen LogP contribution in [0.3, 0.4) is 0 Å². The maximum absolute atomic E-state index is 12.0. The second-order valence-corrected chi connectivity index (χ2v) is 6.91. The van der Waals surface area contributed by atoms with E-state index >= 15 is 0 Å². The maximum atomic E-state index is 12.0. The molecule has 2 N–H and O–H groups in total. The molecule has 0 aliphatic heterocycles. The molecular weight excluding hydrogens is 282 g/mol. The fourth-order valence-electron chi connectivity index (χ4n) is 1.82. The summed E-state index contributed by atoms with van der Waals surface area (Å²) in [7, 11) is -3.43. The molecule has 98 valence electrons. The Morgan fingerprint density at radius 3 is 3.00 bits per heavy atom. The smallest absolute Gasteiger partial charge is 0.250 e. The van der Waals surface area contributed by atoms with Gasteiger partial charge in [0.25, 0.3) is 0 Å². The molecule has 0 bridgehead atoms. The highest BCUT2D eigenvalue weighted by Crippen LogP contribution is 2.18. The number of nitrogens with one attached hydrogen (secondary N) is 2. The first-order chi connectivity index (χ1) is 9.17. The summed E-state index contributed by atoms with van der Waals surface area (Å²) in [6, 6.07) is 7.04. The predicted octanol–water partition coefficient (Wildman–Crippen LogP) is 2.10. The molecule has 0 saturated carbocycles. The van der Waals surface area contributed by atoms with E-state index in [2.05, 4.69) is 14.7 Å². The highest BCUT2D eigenvalue weighted by atomic mass is 32.2. The summed E-state index contributed by atoms with van der Waals surface area (Å²) in [5.41, 5.74) is 1.64. The van der Waals surface area contributed by atoms with Gasteiger partial charge in [0.15, 0.2) is 0 Å². The van der Waals surface area contributed by atoms with E-state index in [4.69, 9.17) is 0 Å². The Bertz CT molecular complexity index is 791. The van der Waals surface area contributed by atoms with E-state index in [9.17, 15) is 8.42 Å². The second kappa shape index (κ2) is 4.76. The minimum atomic E-state index is -3.43. The van der Waals surface area contributed by atoms with Crippen LogP contribution in [0.5, 0.6) is 0 Å². The molecule has 3 aromatic rings. The summed E-state index contributed by atoms with van der Waals surface area (Å²) >= 11 is 1.20. The van der Waals surface area contributed by atoms with Crippen molar-refractivity contribution in [2.24, 2.45) is 0 Å². The van der Waals surface area contributed by atoms with E-state index < -0.39 is 10.0 Å². The normalized spacial score (nSPS) is 12.0. The molecule has 5 nitrogen and oxygen atoms in total. The first kappa shape index (κ1) is 12.3. The largest absolute Gasteiger partial charge is 0.346 e. The van der Waals surface area contributed by atoms with Gasteiger partial charge in [-0.15, -0.1) is 11.3 Å². The SMILES string of the molecule is O=S(=O)(NCc1c[nH]c2ncccc12)c1cccs1. The zero-order valence-electron chi connectivity index (χ0n) is 9.83. The number of rotatable bonds is 4. The molecule has 0 radical (unpaired) electrons.